The molecule has 0 aliphatic rings. The number of para-hydroxylation sites is 1. The van der Waals surface area contributed by atoms with Crippen LogP contribution in [0.25, 0.3) is 17.0 Å². The average Bonchev–Trinajstić information content (AvgIpc) is 3.37. The van der Waals surface area contributed by atoms with Crippen molar-refractivity contribution in [2.24, 2.45) is 0 Å². The Hall–Kier alpha value is -4.47. The molecular formula is C29H31N5O4. The van der Waals surface area contributed by atoms with Crippen LogP contribution in [0.15, 0.2) is 85.3 Å². The fourth-order valence-corrected chi connectivity index (χ4v) is 4.08. The lowest BCUT2D eigenvalue weighted by atomic mass is 10.1. The molecule has 4 rings (SSSR count). The highest BCUT2D eigenvalue weighted by atomic mass is 16.5. The molecule has 196 valence electrons. The third kappa shape index (κ3) is 8.02. The van der Waals surface area contributed by atoms with Crippen LogP contribution in [-0.2, 0) is 29.0 Å². The van der Waals surface area contributed by atoms with Crippen molar-refractivity contribution < 1.29 is 19.5 Å². The number of hydroxylamine groups is 1. The van der Waals surface area contributed by atoms with Gasteiger partial charge in [-0.15, -0.1) is 0 Å². The Morgan fingerprint density at radius 2 is 1.87 bits per heavy atom. The van der Waals surface area contributed by atoms with Gasteiger partial charge in [0, 0.05) is 61.7 Å². The van der Waals surface area contributed by atoms with E-state index in [0.29, 0.717) is 19.6 Å². The maximum Gasteiger partial charge on any atom is 0.407 e. The molecule has 9 nitrogen and oxygen atoms in total. The van der Waals surface area contributed by atoms with Gasteiger partial charge in [-0.05, 0) is 46.9 Å². The third-order valence-electron chi connectivity index (χ3n) is 6.10. The summed E-state index contributed by atoms with van der Waals surface area (Å²) in [5.41, 5.74) is 6.76. The number of hydrogen-bond acceptors (Lipinski definition) is 6. The first-order valence-electron chi connectivity index (χ1n) is 12.4. The number of ether oxygens (including phenoxy) is 1. The van der Waals surface area contributed by atoms with Gasteiger partial charge in [0.15, 0.2) is 0 Å². The van der Waals surface area contributed by atoms with E-state index >= 15 is 0 Å². The Balaban J connectivity index is 1.34. The summed E-state index contributed by atoms with van der Waals surface area (Å²) >= 11 is 0. The summed E-state index contributed by atoms with van der Waals surface area (Å²) in [5, 5.41) is 12.6. The van der Waals surface area contributed by atoms with Crippen molar-refractivity contribution in [2.75, 3.05) is 19.7 Å². The van der Waals surface area contributed by atoms with Gasteiger partial charge in [0.25, 0.3) is 5.91 Å². The largest absolute Gasteiger partial charge is 0.448 e. The number of alkyl carbamates (subject to hydrolysis) is 1. The summed E-state index contributed by atoms with van der Waals surface area (Å²) in [6, 6.07) is 19.8. The van der Waals surface area contributed by atoms with E-state index < -0.39 is 12.0 Å². The van der Waals surface area contributed by atoms with Crippen LogP contribution in [0, 0.1) is 0 Å². The Morgan fingerprint density at radius 3 is 2.66 bits per heavy atom. The predicted octanol–water partition coefficient (Wildman–Crippen LogP) is 4.05. The molecule has 2 aromatic carbocycles. The minimum Gasteiger partial charge on any atom is -0.448 e. The van der Waals surface area contributed by atoms with Crippen LogP contribution in [0.2, 0.25) is 0 Å². The van der Waals surface area contributed by atoms with E-state index in [1.807, 2.05) is 48.5 Å². The van der Waals surface area contributed by atoms with Crippen LogP contribution in [0.4, 0.5) is 4.79 Å². The number of amides is 2. The average molecular weight is 514 g/mol. The highest BCUT2D eigenvalue weighted by molar-refractivity contribution is 5.90. The number of carbonyl (C=O) groups is 2. The van der Waals surface area contributed by atoms with E-state index in [-0.39, 0.29) is 6.61 Å². The fraction of sp³-hybridized carbons (Fsp3) is 0.207. The summed E-state index contributed by atoms with van der Waals surface area (Å²) < 4.78 is 5.44. The highest BCUT2D eigenvalue weighted by Crippen LogP contribution is 2.19. The van der Waals surface area contributed by atoms with Gasteiger partial charge in [-0.3, -0.25) is 19.9 Å². The second-order valence-electron chi connectivity index (χ2n) is 8.79. The smallest absolute Gasteiger partial charge is 0.407 e. The van der Waals surface area contributed by atoms with Crippen LogP contribution < -0.4 is 10.8 Å². The first-order valence-corrected chi connectivity index (χ1v) is 12.4. The molecule has 0 aliphatic carbocycles. The number of hydrogen-bond donors (Lipinski definition) is 4. The zero-order valence-electron chi connectivity index (χ0n) is 21.0. The molecule has 38 heavy (non-hydrogen) atoms. The molecule has 0 saturated heterocycles. The van der Waals surface area contributed by atoms with Crippen molar-refractivity contribution in [1.29, 1.82) is 0 Å². The minimum absolute atomic E-state index is 0.254. The third-order valence-corrected chi connectivity index (χ3v) is 6.10. The Bertz CT molecular complexity index is 1350. The van der Waals surface area contributed by atoms with Gasteiger partial charge in [0.2, 0.25) is 0 Å². The number of aromatic amines is 1. The molecule has 0 bridgehead atoms. The number of benzene rings is 2. The number of rotatable bonds is 12. The van der Waals surface area contributed by atoms with Crippen molar-refractivity contribution in [3.05, 3.63) is 108 Å². The molecule has 2 aromatic heterocycles. The number of fused-ring (bicyclic) bond motifs is 1. The second-order valence-corrected chi connectivity index (χ2v) is 8.79. The molecule has 2 heterocycles. The van der Waals surface area contributed by atoms with Crippen molar-refractivity contribution in [2.45, 2.75) is 19.5 Å². The molecule has 0 fully saturated rings. The molecule has 4 aromatic rings. The van der Waals surface area contributed by atoms with E-state index in [4.69, 9.17) is 9.94 Å². The minimum atomic E-state index is -0.581. The van der Waals surface area contributed by atoms with Crippen molar-refractivity contribution in [3.8, 4) is 0 Å². The Kier molecular flexibility index (Phi) is 9.61. The van der Waals surface area contributed by atoms with Gasteiger partial charge in [0.1, 0.15) is 6.61 Å². The van der Waals surface area contributed by atoms with Crippen LogP contribution in [-0.4, -0.2) is 51.8 Å². The molecular weight excluding hydrogens is 482 g/mol. The highest BCUT2D eigenvalue weighted by Gasteiger charge is 2.11. The summed E-state index contributed by atoms with van der Waals surface area (Å²) in [7, 11) is 0. The zero-order chi connectivity index (χ0) is 26.6. The normalized spacial score (nSPS) is 11.2. The maximum absolute atomic E-state index is 12.2. The van der Waals surface area contributed by atoms with Crippen molar-refractivity contribution >= 4 is 29.0 Å². The number of carbonyl (C=O) groups excluding carboxylic acids is 2. The molecule has 0 aliphatic heterocycles. The number of nitrogens with one attached hydrogen (secondary N) is 3. The number of pyridine rings is 1. The van der Waals surface area contributed by atoms with Gasteiger partial charge >= 0.3 is 6.09 Å². The predicted molar refractivity (Wildman–Crippen MR) is 145 cm³/mol. The second kappa shape index (κ2) is 13.7. The molecule has 0 radical (unpaired) electrons. The molecule has 0 unspecified atom stereocenters. The van der Waals surface area contributed by atoms with Gasteiger partial charge in [0.05, 0.1) is 0 Å². The van der Waals surface area contributed by atoms with Gasteiger partial charge in [-0.1, -0.05) is 48.5 Å². The zero-order valence-corrected chi connectivity index (χ0v) is 21.0. The standard InChI is InChI=1S/C29H31N5O4/c35-28(33-37)12-11-22-7-9-23(10-8-22)21-34(15-13-25-20-31-27-6-2-1-5-26(25)27)16-17-38-29(36)32-19-24-4-3-14-30-18-24/h1-12,14,18,20,31,37H,13,15-17,19,21H2,(H,32,36)(H,33,35)/b12-11-. The monoisotopic (exact) mass is 513 g/mol. The number of H-pyrrole nitrogens is 1. The maximum atomic E-state index is 12.2. The molecule has 0 saturated carbocycles. The Labute approximate surface area is 221 Å². The number of aromatic nitrogens is 2. The molecule has 4 N–H and O–H groups in total. The topological polar surface area (TPSA) is 120 Å². The first kappa shape index (κ1) is 26.6. The van der Waals surface area contributed by atoms with E-state index in [9.17, 15) is 9.59 Å². The fourth-order valence-electron chi connectivity index (χ4n) is 4.08. The number of nitrogens with zero attached hydrogens (tertiary/aromatic N) is 2. The van der Waals surface area contributed by atoms with Crippen molar-refractivity contribution in [1.82, 2.24) is 25.7 Å². The van der Waals surface area contributed by atoms with Gasteiger partial charge in [-0.2, -0.15) is 0 Å². The lowest BCUT2D eigenvalue weighted by molar-refractivity contribution is -0.124. The van der Waals surface area contributed by atoms with E-state index in [1.165, 1.54) is 17.0 Å². The van der Waals surface area contributed by atoms with E-state index in [1.54, 1.807) is 23.9 Å². The van der Waals surface area contributed by atoms with Gasteiger partial charge in [-0.25, -0.2) is 10.3 Å². The summed E-state index contributed by atoms with van der Waals surface area (Å²) in [4.78, 5) is 33.0. The van der Waals surface area contributed by atoms with Crippen LogP contribution in [0.3, 0.4) is 0 Å². The van der Waals surface area contributed by atoms with E-state index in [0.717, 1.165) is 35.2 Å². The lowest BCUT2D eigenvalue weighted by Crippen LogP contribution is -2.32. The SMILES string of the molecule is O=C(/C=C\c1ccc(CN(CCOC(=O)NCc2cccnc2)CCc2c[nH]c3ccccc23)cc1)NO. The molecule has 0 atom stereocenters. The summed E-state index contributed by atoms with van der Waals surface area (Å²) in [6.07, 6.45) is 8.71. The van der Waals surface area contributed by atoms with Gasteiger partial charge < -0.3 is 15.0 Å². The Morgan fingerprint density at radius 1 is 1.03 bits per heavy atom. The quantitative estimate of drug-likeness (QED) is 0.129. The van der Waals surface area contributed by atoms with Crippen LogP contribution >= 0.6 is 0 Å². The van der Waals surface area contributed by atoms with Crippen LogP contribution in [0.1, 0.15) is 22.3 Å². The summed E-state index contributed by atoms with van der Waals surface area (Å²) in [6.45, 7) is 2.63. The molecule has 9 heteroatoms. The first-order chi connectivity index (χ1) is 18.6. The van der Waals surface area contributed by atoms with E-state index in [2.05, 4.69) is 38.5 Å². The van der Waals surface area contributed by atoms with Crippen LogP contribution in [0.5, 0.6) is 0 Å². The molecule has 2 amide bonds. The van der Waals surface area contributed by atoms with Crippen molar-refractivity contribution in [3.63, 3.8) is 0 Å². The lowest BCUT2D eigenvalue weighted by Gasteiger charge is -2.22. The molecule has 0 spiro atoms. The summed E-state index contributed by atoms with van der Waals surface area (Å²) in [5.74, 6) is -0.581.